The van der Waals surface area contributed by atoms with Gasteiger partial charge in [-0.15, -0.1) is 0 Å². The monoisotopic (exact) mass is 314 g/mol. The molecule has 0 aliphatic heterocycles. The van der Waals surface area contributed by atoms with E-state index in [1.165, 1.54) is 26.0 Å². The minimum Gasteiger partial charge on any atom is -0.389 e. The van der Waals surface area contributed by atoms with Gasteiger partial charge in [0.1, 0.15) is 5.15 Å². The molecule has 108 valence electrons. The van der Waals surface area contributed by atoms with Crippen LogP contribution in [0.3, 0.4) is 0 Å². The molecule has 20 heavy (non-hydrogen) atoms. The normalized spacial score (nSPS) is 12.8. The highest BCUT2D eigenvalue weighted by Gasteiger charge is 2.20. The number of hydrogen-bond acceptors (Lipinski definition) is 4. The van der Waals surface area contributed by atoms with Gasteiger partial charge in [-0.3, -0.25) is 0 Å². The Morgan fingerprint density at radius 3 is 2.65 bits per heavy atom. The van der Waals surface area contributed by atoms with Crippen molar-refractivity contribution in [3.05, 3.63) is 35.5 Å². The Labute approximate surface area is 122 Å². The molecule has 1 aromatic carbocycles. The molecule has 7 heteroatoms. The maximum absolute atomic E-state index is 12.1. The van der Waals surface area contributed by atoms with E-state index >= 15 is 0 Å². The number of benzene rings is 1. The van der Waals surface area contributed by atoms with Gasteiger partial charge >= 0.3 is 0 Å². The molecule has 0 saturated carbocycles. The van der Waals surface area contributed by atoms with E-state index < -0.39 is 15.6 Å². The molecule has 0 fully saturated rings. The largest absolute Gasteiger partial charge is 0.389 e. The summed E-state index contributed by atoms with van der Waals surface area (Å²) in [7, 11) is -3.67. The van der Waals surface area contributed by atoms with Gasteiger partial charge in [0.2, 0.25) is 10.0 Å². The summed E-state index contributed by atoms with van der Waals surface area (Å²) in [5, 5.41) is 10.6. The number of nitrogens with zero attached hydrogens (tertiary/aromatic N) is 1. The van der Waals surface area contributed by atoms with Gasteiger partial charge in [0.25, 0.3) is 0 Å². The fourth-order valence-corrected chi connectivity index (χ4v) is 2.99. The Bertz CT molecular complexity index is 739. The third-order valence-electron chi connectivity index (χ3n) is 2.63. The first-order chi connectivity index (χ1) is 9.17. The summed E-state index contributed by atoms with van der Waals surface area (Å²) in [6, 6.07) is 7.88. The van der Waals surface area contributed by atoms with Crippen molar-refractivity contribution in [1.29, 1.82) is 0 Å². The molecule has 2 N–H and O–H groups in total. The molecule has 5 nitrogen and oxygen atoms in total. The van der Waals surface area contributed by atoms with E-state index in [1.54, 1.807) is 18.2 Å². The van der Waals surface area contributed by atoms with E-state index in [1.807, 2.05) is 0 Å². The zero-order valence-electron chi connectivity index (χ0n) is 11.1. The Balaban J connectivity index is 2.35. The maximum Gasteiger partial charge on any atom is 0.240 e. The van der Waals surface area contributed by atoms with Crippen LogP contribution in [-0.4, -0.2) is 30.7 Å². The lowest BCUT2D eigenvalue weighted by Crippen LogP contribution is -2.38. The molecule has 0 atom stereocenters. The molecule has 0 radical (unpaired) electrons. The quantitative estimate of drug-likeness (QED) is 0.845. The minimum absolute atomic E-state index is 0.0633. The first-order valence-corrected chi connectivity index (χ1v) is 7.82. The number of sulfonamides is 1. The number of pyridine rings is 1. The van der Waals surface area contributed by atoms with Gasteiger partial charge in [0, 0.05) is 11.9 Å². The predicted molar refractivity (Wildman–Crippen MR) is 78.2 cm³/mol. The van der Waals surface area contributed by atoms with Crippen molar-refractivity contribution < 1.29 is 13.5 Å². The number of halogens is 1. The summed E-state index contributed by atoms with van der Waals surface area (Å²) >= 11 is 5.78. The summed E-state index contributed by atoms with van der Waals surface area (Å²) in [6.07, 6.45) is 0. The van der Waals surface area contributed by atoms with Gasteiger partial charge in [-0.05, 0) is 44.2 Å². The van der Waals surface area contributed by atoms with Crippen LogP contribution in [0, 0.1) is 0 Å². The summed E-state index contributed by atoms with van der Waals surface area (Å²) in [5.41, 5.74) is -0.488. The molecule has 2 rings (SSSR count). The smallest absolute Gasteiger partial charge is 0.240 e. The number of aliphatic hydroxyl groups is 1. The van der Waals surface area contributed by atoms with Crippen LogP contribution in [0.2, 0.25) is 5.15 Å². The minimum atomic E-state index is -3.67. The van der Waals surface area contributed by atoms with Crippen molar-refractivity contribution in [2.24, 2.45) is 0 Å². The van der Waals surface area contributed by atoms with Crippen molar-refractivity contribution in [2.75, 3.05) is 6.54 Å². The van der Waals surface area contributed by atoms with Crippen molar-refractivity contribution in [3.63, 3.8) is 0 Å². The number of hydrogen-bond donors (Lipinski definition) is 2. The molecule has 1 aromatic heterocycles. The molecule has 0 spiro atoms. The highest BCUT2D eigenvalue weighted by molar-refractivity contribution is 7.89. The van der Waals surface area contributed by atoms with Crippen LogP contribution in [0.5, 0.6) is 0 Å². The van der Waals surface area contributed by atoms with E-state index in [4.69, 9.17) is 11.6 Å². The van der Waals surface area contributed by atoms with Crippen LogP contribution in [0.4, 0.5) is 0 Å². The Morgan fingerprint density at radius 2 is 2.00 bits per heavy atom. The molecule has 0 bridgehead atoms. The summed E-state index contributed by atoms with van der Waals surface area (Å²) in [4.78, 5) is 4.22. The van der Waals surface area contributed by atoms with Gasteiger partial charge in [0.15, 0.2) is 0 Å². The Hall–Kier alpha value is -1.21. The van der Waals surface area contributed by atoms with E-state index in [0.717, 1.165) is 0 Å². The number of aromatic nitrogens is 1. The average Bonchev–Trinajstić information content (AvgIpc) is 2.35. The topological polar surface area (TPSA) is 79.3 Å². The lowest BCUT2D eigenvalue weighted by molar-refractivity contribution is 0.0857. The number of fused-ring (bicyclic) bond motifs is 1. The zero-order valence-corrected chi connectivity index (χ0v) is 12.7. The predicted octanol–water partition coefficient (Wildman–Crippen LogP) is 1.94. The standard InChI is InChI=1S/C13H15ClN2O3S/c1-13(2,17)8-15-20(18,19)10-4-5-11-9(7-10)3-6-12(14)16-11/h3-7,15,17H,8H2,1-2H3. The Kier molecular flexibility index (Phi) is 4.02. The molecule has 2 aromatic rings. The lowest BCUT2D eigenvalue weighted by atomic mass is 10.1. The van der Waals surface area contributed by atoms with Gasteiger partial charge in [-0.1, -0.05) is 11.6 Å². The molecule has 0 aliphatic rings. The maximum atomic E-state index is 12.1. The molecule has 0 saturated heterocycles. The number of nitrogens with one attached hydrogen (secondary N) is 1. The summed E-state index contributed by atoms with van der Waals surface area (Å²) in [6.45, 7) is 3.00. The second kappa shape index (κ2) is 5.29. The van der Waals surface area contributed by atoms with Gasteiger partial charge in [0.05, 0.1) is 16.0 Å². The first-order valence-electron chi connectivity index (χ1n) is 5.96. The van der Waals surface area contributed by atoms with Crippen molar-refractivity contribution >= 4 is 32.5 Å². The molecule has 0 amide bonds. The third-order valence-corrected chi connectivity index (χ3v) is 4.24. The van der Waals surface area contributed by atoms with E-state index in [0.29, 0.717) is 16.1 Å². The molecule has 0 aliphatic carbocycles. The van der Waals surface area contributed by atoms with Crippen LogP contribution in [0.1, 0.15) is 13.8 Å². The van der Waals surface area contributed by atoms with E-state index in [2.05, 4.69) is 9.71 Å². The summed E-state index contributed by atoms with van der Waals surface area (Å²) in [5.74, 6) is 0. The van der Waals surface area contributed by atoms with Crippen molar-refractivity contribution in [1.82, 2.24) is 9.71 Å². The fraction of sp³-hybridized carbons (Fsp3) is 0.308. The second-order valence-corrected chi connectivity index (χ2v) is 7.28. The number of rotatable bonds is 4. The average molecular weight is 315 g/mol. The second-order valence-electron chi connectivity index (χ2n) is 5.13. The molecule has 0 unspecified atom stereocenters. The third kappa shape index (κ3) is 3.67. The van der Waals surface area contributed by atoms with Gasteiger partial charge in [-0.2, -0.15) is 0 Å². The van der Waals surface area contributed by atoms with Crippen molar-refractivity contribution in [3.8, 4) is 0 Å². The molecular weight excluding hydrogens is 300 g/mol. The SMILES string of the molecule is CC(C)(O)CNS(=O)(=O)c1ccc2nc(Cl)ccc2c1. The van der Waals surface area contributed by atoms with Crippen LogP contribution in [0.15, 0.2) is 35.2 Å². The van der Waals surface area contributed by atoms with E-state index in [-0.39, 0.29) is 11.4 Å². The van der Waals surface area contributed by atoms with Crippen LogP contribution in [-0.2, 0) is 10.0 Å². The van der Waals surface area contributed by atoms with Crippen molar-refractivity contribution in [2.45, 2.75) is 24.3 Å². The molecular formula is C13H15ClN2O3S. The van der Waals surface area contributed by atoms with Crippen LogP contribution >= 0.6 is 11.6 Å². The van der Waals surface area contributed by atoms with Gasteiger partial charge < -0.3 is 5.11 Å². The highest BCUT2D eigenvalue weighted by atomic mass is 35.5. The zero-order chi connectivity index (χ0) is 15.0. The highest BCUT2D eigenvalue weighted by Crippen LogP contribution is 2.19. The van der Waals surface area contributed by atoms with E-state index in [9.17, 15) is 13.5 Å². The molecule has 1 heterocycles. The first kappa shape index (κ1) is 15.2. The summed E-state index contributed by atoms with van der Waals surface area (Å²) < 4.78 is 26.6. The Morgan fingerprint density at radius 1 is 1.30 bits per heavy atom. The van der Waals surface area contributed by atoms with Crippen LogP contribution < -0.4 is 4.72 Å². The lowest BCUT2D eigenvalue weighted by Gasteiger charge is -2.17. The van der Waals surface area contributed by atoms with Crippen LogP contribution in [0.25, 0.3) is 10.9 Å². The van der Waals surface area contributed by atoms with Gasteiger partial charge in [-0.25, -0.2) is 18.1 Å². The fourth-order valence-electron chi connectivity index (χ4n) is 1.60.